The van der Waals surface area contributed by atoms with Gasteiger partial charge in [-0.1, -0.05) is 24.3 Å². The van der Waals surface area contributed by atoms with Crippen LogP contribution in [0.1, 0.15) is 31.9 Å². The van der Waals surface area contributed by atoms with Crippen LogP contribution < -0.4 is 5.32 Å². The standard InChI is InChI=1S/C18H29N3OS.HI/c1-5-22-13-16-8-6-15(7-9-16)12-20-17(19-4)21-10-11-23-18(2,3)14-21;/h6-9H,5,10-14H2,1-4H3,(H,19,20);1H. The molecule has 0 amide bonds. The molecule has 24 heavy (non-hydrogen) atoms. The SMILES string of the molecule is CCOCc1ccc(CNC(=NC)N2CCSC(C)(C)C2)cc1.I. The predicted molar refractivity (Wildman–Crippen MR) is 115 cm³/mol. The van der Waals surface area contributed by atoms with E-state index in [1.165, 1.54) is 11.1 Å². The minimum atomic E-state index is 0. The Morgan fingerprint density at radius 1 is 1.29 bits per heavy atom. The third-order valence-corrected chi connectivity index (χ3v) is 5.18. The van der Waals surface area contributed by atoms with Crippen LogP contribution in [-0.2, 0) is 17.9 Å². The third kappa shape index (κ3) is 6.80. The van der Waals surface area contributed by atoms with Crippen molar-refractivity contribution >= 4 is 41.7 Å². The van der Waals surface area contributed by atoms with Gasteiger partial charge >= 0.3 is 0 Å². The van der Waals surface area contributed by atoms with Crippen LogP contribution in [0.2, 0.25) is 0 Å². The van der Waals surface area contributed by atoms with E-state index in [9.17, 15) is 0 Å². The first-order valence-corrected chi connectivity index (χ1v) is 9.28. The van der Waals surface area contributed by atoms with Crippen LogP contribution >= 0.6 is 35.7 Å². The summed E-state index contributed by atoms with van der Waals surface area (Å²) in [7, 11) is 1.86. The Labute approximate surface area is 167 Å². The molecule has 1 heterocycles. The van der Waals surface area contributed by atoms with E-state index >= 15 is 0 Å². The molecule has 0 spiro atoms. The van der Waals surface area contributed by atoms with Gasteiger partial charge in [0.1, 0.15) is 0 Å². The highest BCUT2D eigenvalue weighted by atomic mass is 127. The third-order valence-electron chi connectivity index (χ3n) is 3.88. The molecule has 1 aromatic rings. The summed E-state index contributed by atoms with van der Waals surface area (Å²) in [6, 6.07) is 8.58. The maximum Gasteiger partial charge on any atom is 0.193 e. The molecule has 0 atom stereocenters. The molecular weight excluding hydrogens is 433 g/mol. The Kier molecular flexibility index (Phi) is 9.44. The van der Waals surface area contributed by atoms with E-state index in [1.54, 1.807) is 0 Å². The molecule has 1 saturated heterocycles. The minimum absolute atomic E-state index is 0. The highest BCUT2D eigenvalue weighted by Gasteiger charge is 2.28. The highest BCUT2D eigenvalue weighted by molar-refractivity contribution is 14.0. The first-order chi connectivity index (χ1) is 11.0. The molecular formula is C18H30IN3OS. The number of hydrogen-bond donors (Lipinski definition) is 1. The zero-order valence-corrected chi connectivity index (χ0v) is 18.3. The topological polar surface area (TPSA) is 36.9 Å². The van der Waals surface area contributed by atoms with Crippen LogP contribution in [0.5, 0.6) is 0 Å². The van der Waals surface area contributed by atoms with E-state index in [-0.39, 0.29) is 28.7 Å². The van der Waals surface area contributed by atoms with Crippen molar-refractivity contribution in [2.45, 2.75) is 38.7 Å². The van der Waals surface area contributed by atoms with Gasteiger partial charge in [0.05, 0.1) is 6.61 Å². The number of nitrogens with one attached hydrogen (secondary N) is 1. The smallest absolute Gasteiger partial charge is 0.193 e. The summed E-state index contributed by atoms with van der Waals surface area (Å²) in [5.41, 5.74) is 2.48. The van der Waals surface area contributed by atoms with Crippen LogP contribution in [0.3, 0.4) is 0 Å². The lowest BCUT2D eigenvalue weighted by Gasteiger charge is -2.39. The van der Waals surface area contributed by atoms with E-state index < -0.39 is 0 Å². The summed E-state index contributed by atoms with van der Waals surface area (Å²) in [6.07, 6.45) is 0. The van der Waals surface area contributed by atoms with Crippen LogP contribution in [-0.4, -0.2) is 48.1 Å². The average molecular weight is 463 g/mol. The number of benzene rings is 1. The van der Waals surface area contributed by atoms with E-state index in [1.807, 2.05) is 25.7 Å². The second-order valence-electron chi connectivity index (χ2n) is 6.38. The molecule has 1 aromatic carbocycles. The highest BCUT2D eigenvalue weighted by Crippen LogP contribution is 2.29. The number of halogens is 1. The summed E-state index contributed by atoms with van der Waals surface area (Å²) < 4.78 is 5.72. The second kappa shape index (κ2) is 10.5. The van der Waals surface area contributed by atoms with E-state index in [2.05, 4.69) is 53.3 Å². The molecule has 0 unspecified atom stereocenters. The first kappa shape index (κ1) is 21.6. The van der Waals surface area contributed by atoms with Gasteiger partial charge in [0.25, 0.3) is 0 Å². The van der Waals surface area contributed by atoms with Crippen molar-refractivity contribution in [3.8, 4) is 0 Å². The lowest BCUT2D eigenvalue weighted by atomic mass is 10.1. The normalized spacial score (nSPS) is 17.3. The Balaban J connectivity index is 0.00000288. The summed E-state index contributed by atoms with van der Waals surface area (Å²) in [5.74, 6) is 2.15. The number of aliphatic imine (C=N–C) groups is 1. The molecule has 1 N–H and O–H groups in total. The van der Waals surface area contributed by atoms with E-state index in [0.717, 1.165) is 38.0 Å². The van der Waals surface area contributed by atoms with Crippen LogP contribution in [0.15, 0.2) is 29.3 Å². The zero-order valence-electron chi connectivity index (χ0n) is 15.2. The van der Waals surface area contributed by atoms with Gasteiger partial charge in [-0.3, -0.25) is 4.99 Å². The maximum absolute atomic E-state index is 5.43. The Hall–Kier alpha value is -0.470. The fourth-order valence-electron chi connectivity index (χ4n) is 2.68. The quantitative estimate of drug-likeness (QED) is 0.410. The molecule has 6 heteroatoms. The molecule has 2 rings (SSSR count). The first-order valence-electron chi connectivity index (χ1n) is 8.29. The molecule has 1 aliphatic rings. The molecule has 0 saturated carbocycles. The van der Waals surface area contributed by atoms with Gasteiger partial charge < -0.3 is 15.0 Å². The van der Waals surface area contributed by atoms with Gasteiger partial charge in [0.2, 0.25) is 0 Å². The van der Waals surface area contributed by atoms with Crippen molar-refractivity contribution in [1.29, 1.82) is 0 Å². The molecule has 0 aliphatic carbocycles. The van der Waals surface area contributed by atoms with Gasteiger partial charge in [0.15, 0.2) is 5.96 Å². The minimum Gasteiger partial charge on any atom is -0.377 e. The zero-order chi connectivity index (χ0) is 16.7. The fraction of sp³-hybridized carbons (Fsp3) is 0.611. The summed E-state index contributed by atoms with van der Waals surface area (Å²) in [4.78, 5) is 6.81. The Bertz CT molecular complexity index is 520. The summed E-state index contributed by atoms with van der Waals surface area (Å²) >= 11 is 2.04. The number of thioether (sulfide) groups is 1. The summed E-state index contributed by atoms with van der Waals surface area (Å²) in [5, 5.41) is 3.49. The molecule has 4 nitrogen and oxygen atoms in total. The van der Waals surface area contributed by atoms with Gasteiger partial charge in [0, 0.05) is 43.8 Å². The number of hydrogen-bond acceptors (Lipinski definition) is 3. The molecule has 1 aliphatic heterocycles. The second-order valence-corrected chi connectivity index (χ2v) is 8.19. The molecule has 136 valence electrons. The van der Waals surface area contributed by atoms with Crippen LogP contribution in [0.4, 0.5) is 0 Å². The number of guanidine groups is 1. The van der Waals surface area contributed by atoms with Crippen molar-refractivity contribution < 1.29 is 4.74 Å². The molecule has 1 fully saturated rings. The lowest BCUT2D eigenvalue weighted by Crippen LogP contribution is -2.50. The van der Waals surface area contributed by atoms with Crippen molar-refractivity contribution in [2.24, 2.45) is 4.99 Å². The number of nitrogens with zero attached hydrogens (tertiary/aromatic N) is 2. The largest absolute Gasteiger partial charge is 0.377 e. The van der Waals surface area contributed by atoms with Crippen molar-refractivity contribution in [3.63, 3.8) is 0 Å². The average Bonchev–Trinajstić information content (AvgIpc) is 2.54. The van der Waals surface area contributed by atoms with Crippen LogP contribution in [0.25, 0.3) is 0 Å². The van der Waals surface area contributed by atoms with Crippen molar-refractivity contribution in [3.05, 3.63) is 35.4 Å². The summed E-state index contributed by atoms with van der Waals surface area (Å²) in [6.45, 7) is 10.9. The van der Waals surface area contributed by atoms with E-state index in [4.69, 9.17) is 4.74 Å². The molecule has 0 radical (unpaired) electrons. The van der Waals surface area contributed by atoms with Crippen LogP contribution in [0, 0.1) is 0 Å². The van der Waals surface area contributed by atoms with Gasteiger partial charge in [-0.2, -0.15) is 11.8 Å². The van der Waals surface area contributed by atoms with Gasteiger partial charge in [-0.25, -0.2) is 0 Å². The lowest BCUT2D eigenvalue weighted by molar-refractivity contribution is 0.134. The number of rotatable bonds is 5. The van der Waals surface area contributed by atoms with Crippen molar-refractivity contribution in [1.82, 2.24) is 10.2 Å². The Morgan fingerprint density at radius 2 is 1.96 bits per heavy atom. The fourth-order valence-corrected chi connectivity index (χ4v) is 3.80. The van der Waals surface area contributed by atoms with Crippen molar-refractivity contribution in [2.75, 3.05) is 32.5 Å². The van der Waals surface area contributed by atoms with Gasteiger partial charge in [-0.15, -0.1) is 24.0 Å². The number of ether oxygens (including phenoxy) is 1. The monoisotopic (exact) mass is 463 g/mol. The molecule has 0 aromatic heterocycles. The predicted octanol–water partition coefficient (Wildman–Crippen LogP) is 3.74. The molecule has 0 bridgehead atoms. The van der Waals surface area contributed by atoms with E-state index in [0.29, 0.717) is 6.61 Å². The van der Waals surface area contributed by atoms with Gasteiger partial charge in [-0.05, 0) is 31.9 Å². The Morgan fingerprint density at radius 3 is 2.54 bits per heavy atom. The maximum atomic E-state index is 5.43.